The Morgan fingerprint density at radius 1 is 1.12 bits per heavy atom. The van der Waals surface area contributed by atoms with Crippen LogP contribution in [0.15, 0.2) is 59.8 Å². The molecule has 132 valence electrons. The fourth-order valence-corrected chi connectivity index (χ4v) is 3.02. The average molecular weight is 366 g/mol. The molecule has 0 saturated carbocycles. The van der Waals surface area contributed by atoms with E-state index in [1.54, 1.807) is 31.2 Å². The largest absolute Gasteiger partial charge is 0.325 e. The van der Waals surface area contributed by atoms with Gasteiger partial charge in [-0.05, 0) is 26.0 Å². The van der Waals surface area contributed by atoms with Crippen LogP contribution in [0.2, 0.25) is 0 Å². The van der Waals surface area contributed by atoms with Crippen LogP contribution in [0.25, 0.3) is 11.4 Å². The number of rotatable bonds is 6. The number of H-pyrrole nitrogens is 1. The number of aromatic nitrogens is 3. The Balaban J connectivity index is 1.64. The Kier molecular flexibility index (Phi) is 5.48. The van der Waals surface area contributed by atoms with Crippen LogP contribution in [-0.4, -0.2) is 32.1 Å². The third-order valence-corrected chi connectivity index (χ3v) is 4.66. The van der Waals surface area contributed by atoms with Crippen LogP contribution in [0, 0.1) is 0 Å². The summed E-state index contributed by atoms with van der Waals surface area (Å²) >= 11 is 1.26. The molecule has 0 unspecified atom stereocenters. The molecule has 0 spiro atoms. The van der Waals surface area contributed by atoms with Crippen molar-refractivity contribution in [1.29, 1.82) is 0 Å². The van der Waals surface area contributed by atoms with E-state index in [0.717, 1.165) is 5.56 Å². The summed E-state index contributed by atoms with van der Waals surface area (Å²) in [4.78, 5) is 28.3. The molecule has 2 N–H and O–H groups in total. The topological polar surface area (TPSA) is 87.7 Å². The third-order valence-electron chi connectivity index (χ3n) is 3.70. The highest BCUT2D eigenvalue weighted by molar-refractivity contribution is 8.00. The van der Waals surface area contributed by atoms with Gasteiger partial charge in [-0.2, -0.15) is 0 Å². The molecule has 0 aliphatic heterocycles. The average Bonchev–Trinajstić information content (AvgIpc) is 3.11. The summed E-state index contributed by atoms with van der Waals surface area (Å²) in [5.74, 6) is 0.439. The molecule has 3 aromatic rings. The summed E-state index contributed by atoms with van der Waals surface area (Å²) in [5.41, 5.74) is 2.09. The molecule has 26 heavy (non-hydrogen) atoms. The van der Waals surface area contributed by atoms with E-state index < -0.39 is 5.25 Å². The van der Waals surface area contributed by atoms with E-state index in [1.807, 2.05) is 30.3 Å². The molecule has 0 fully saturated rings. The lowest BCUT2D eigenvalue weighted by Crippen LogP contribution is -2.22. The van der Waals surface area contributed by atoms with E-state index in [9.17, 15) is 9.59 Å². The van der Waals surface area contributed by atoms with Crippen molar-refractivity contribution in [3.63, 3.8) is 0 Å². The number of Topliss-reactive ketones (excluding diaryl/α,β-unsaturated/α-hetero) is 1. The quantitative estimate of drug-likeness (QED) is 0.512. The van der Waals surface area contributed by atoms with Gasteiger partial charge >= 0.3 is 0 Å². The van der Waals surface area contributed by atoms with Crippen molar-refractivity contribution in [2.75, 3.05) is 5.32 Å². The summed E-state index contributed by atoms with van der Waals surface area (Å²) in [7, 11) is 0. The summed E-state index contributed by atoms with van der Waals surface area (Å²) in [6.07, 6.45) is 0. The molecule has 3 rings (SSSR count). The van der Waals surface area contributed by atoms with Gasteiger partial charge in [0.2, 0.25) is 11.1 Å². The Hall–Kier alpha value is -2.93. The molecule has 7 heteroatoms. The number of nitrogens with zero attached hydrogens (tertiary/aromatic N) is 2. The second kappa shape index (κ2) is 7.97. The maximum atomic E-state index is 12.4. The number of ketones is 1. The van der Waals surface area contributed by atoms with E-state index in [2.05, 4.69) is 20.5 Å². The van der Waals surface area contributed by atoms with Crippen molar-refractivity contribution in [1.82, 2.24) is 15.2 Å². The number of aromatic amines is 1. The highest BCUT2D eigenvalue weighted by Gasteiger charge is 2.18. The molecular formula is C19H18N4O2S. The molecule has 1 amide bonds. The minimum absolute atomic E-state index is 0.0438. The van der Waals surface area contributed by atoms with E-state index in [-0.39, 0.29) is 11.7 Å². The fourth-order valence-electron chi connectivity index (χ4n) is 2.30. The predicted octanol–water partition coefficient (Wildman–Crippen LogP) is 3.79. The molecule has 1 heterocycles. The summed E-state index contributed by atoms with van der Waals surface area (Å²) in [6.45, 7) is 3.28. The Labute approximate surface area is 155 Å². The van der Waals surface area contributed by atoms with E-state index in [4.69, 9.17) is 0 Å². The summed E-state index contributed by atoms with van der Waals surface area (Å²) in [6, 6.07) is 16.5. The molecular weight excluding hydrogens is 348 g/mol. The monoisotopic (exact) mass is 366 g/mol. The van der Waals surface area contributed by atoms with Gasteiger partial charge in [-0.15, -0.1) is 5.10 Å². The van der Waals surface area contributed by atoms with Crippen LogP contribution in [0.1, 0.15) is 24.2 Å². The zero-order valence-electron chi connectivity index (χ0n) is 14.4. The van der Waals surface area contributed by atoms with Gasteiger partial charge in [-0.25, -0.2) is 4.98 Å². The molecule has 2 aromatic carbocycles. The van der Waals surface area contributed by atoms with Crippen molar-refractivity contribution in [2.24, 2.45) is 0 Å². The Bertz CT molecular complexity index is 924. The number of amides is 1. The number of carbonyl (C=O) groups is 2. The minimum atomic E-state index is -0.393. The number of thioether (sulfide) groups is 1. The van der Waals surface area contributed by atoms with Crippen molar-refractivity contribution in [3.05, 3.63) is 60.2 Å². The zero-order valence-corrected chi connectivity index (χ0v) is 15.2. The van der Waals surface area contributed by atoms with Crippen LogP contribution in [-0.2, 0) is 4.79 Å². The normalized spacial score (nSPS) is 11.8. The van der Waals surface area contributed by atoms with Gasteiger partial charge in [-0.3, -0.25) is 14.7 Å². The van der Waals surface area contributed by atoms with Crippen LogP contribution in [0.4, 0.5) is 5.69 Å². The number of benzene rings is 2. The van der Waals surface area contributed by atoms with Gasteiger partial charge in [-0.1, -0.05) is 54.2 Å². The van der Waals surface area contributed by atoms with Crippen LogP contribution in [0.3, 0.4) is 0 Å². The van der Waals surface area contributed by atoms with Crippen molar-refractivity contribution < 1.29 is 9.59 Å². The number of hydrogen-bond donors (Lipinski definition) is 2. The van der Waals surface area contributed by atoms with Gasteiger partial charge in [0.15, 0.2) is 11.6 Å². The van der Waals surface area contributed by atoms with Gasteiger partial charge < -0.3 is 5.32 Å². The van der Waals surface area contributed by atoms with Crippen LogP contribution >= 0.6 is 11.8 Å². The highest BCUT2D eigenvalue weighted by Crippen LogP contribution is 2.23. The first kappa shape index (κ1) is 17.9. The molecule has 1 aromatic heterocycles. The van der Waals surface area contributed by atoms with Gasteiger partial charge in [0, 0.05) is 16.8 Å². The lowest BCUT2D eigenvalue weighted by molar-refractivity contribution is -0.115. The molecule has 0 aliphatic carbocycles. The fraction of sp³-hybridized carbons (Fsp3) is 0.158. The lowest BCUT2D eigenvalue weighted by Gasteiger charge is -2.10. The second-order valence-electron chi connectivity index (χ2n) is 5.72. The minimum Gasteiger partial charge on any atom is -0.325 e. The first-order chi connectivity index (χ1) is 12.5. The van der Waals surface area contributed by atoms with Crippen LogP contribution in [0.5, 0.6) is 0 Å². The first-order valence-electron chi connectivity index (χ1n) is 8.09. The molecule has 6 nitrogen and oxygen atoms in total. The second-order valence-corrected chi connectivity index (χ2v) is 7.03. The van der Waals surface area contributed by atoms with E-state index in [0.29, 0.717) is 22.2 Å². The first-order valence-corrected chi connectivity index (χ1v) is 8.97. The Morgan fingerprint density at radius 3 is 2.62 bits per heavy atom. The van der Waals surface area contributed by atoms with E-state index in [1.165, 1.54) is 18.7 Å². The molecule has 0 saturated heterocycles. The van der Waals surface area contributed by atoms with Crippen molar-refractivity contribution >= 4 is 29.1 Å². The number of anilines is 1. The van der Waals surface area contributed by atoms with Crippen molar-refractivity contribution in [3.8, 4) is 11.4 Å². The predicted molar refractivity (Wildman–Crippen MR) is 102 cm³/mol. The summed E-state index contributed by atoms with van der Waals surface area (Å²) < 4.78 is 0. The Morgan fingerprint density at radius 2 is 1.88 bits per heavy atom. The molecule has 1 atom stereocenters. The van der Waals surface area contributed by atoms with E-state index >= 15 is 0 Å². The maximum Gasteiger partial charge on any atom is 0.237 e. The van der Waals surface area contributed by atoms with Crippen LogP contribution < -0.4 is 5.32 Å². The molecule has 0 radical (unpaired) electrons. The lowest BCUT2D eigenvalue weighted by atomic mass is 10.1. The van der Waals surface area contributed by atoms with Gasteiger partial charge in [0.1, 0.15) is 0 Å². The standard InChI is InChI=1S/C19H18N4O2S/c1-12(24)15-9-6-10-16(11-15)20-18(25)13(2)26-19-21-17(22-23-19)14-7-4-3-5-8-14/h3-11,13H,1-2H3,(H,20,25)(H,21,22,23)/t13-/m1/s1. The number of carbonyl (C=O) groups excluding carboxylic acids is 2. The highest BCUT2D eigenvalue weighted by atomic mass is 32.2. The van der Waals surface area contributed by atoms with Gasteiger partial charge in [0.25, 0.3) is 0 Å². The third kappa shape index (κ3) is 4.37. The summed E-state index contributed by atoms with van der Waals surface area (Å²) in [5, 5.41) is 9.97. The maximum absolute atomic E-state index is 12.4. The molecule has 0 bridgehead atoms. The van der Waals surface area contributed by atoms with Gasteiger partial charge in [0.05, 0.1) is 5.25 Å². The zero-order chi connectivity index (χ0) is 18.5. The van der Waals surface area contributed by atoms with Crippen molar-refractivity contribution in [2.45, 2.75) is 24.3 Å². The molecule has 0 aliphatic rings. The smallest absolute Gasteiger partial charge is 0.237 e. The number of hydrogen-bond acceptors (Lipinski definition) is 5. The SMILES string of the molecule is CC(=O)c1cccc(NC(=O)[C@@H](C)Sc2n[nH]c(-c3ccccc3)n2)c1. The number of nitrogens with one attached hydrogen (secondary N) is 2.